The van der Waals surface area contributed by atoms with Crippen molar-refractivity contribution in [1.82, 2.24) is 10.2 Å². The van der Waals surface area contributed by atoms with E-state index in [0.29, 0.717) is 17.9 Å². The first-order valence-electron chi connectivity index (χ1n) is 9.88. The quantitative estimate of drug-likeness (QED) is 0.818. The van der Waals surface area contributed by atoms with Crippen molar-refractivity contribution in [3.8, 4) is 0 Å². The summed E-state index contributed by atoms with van der Waals surface area (Å²) in [4.78, 5) is 15.0. The summed E-state index contributed by atoms with van der Waals surface area (Å²) in [6.45, 7) is 1.78. The van der Waals surface area contributed by atoms with Gasteiger partial charge in [-0.1, -0.05) is 25.7 Å². The largest absolute Gasteiger partial charge is 0.355 e. The van der Waals surface area contributed by atoms with Crippen molar-refractivity contribution in [3.63, 3.8) is 0 Å². The molecular weight excluding hydrogens is 286 g/mol. The summed E-state index contributed by atoms with van der Waals surface area (Å²) < 4.78 is 0. The molecule has 0 heterocycles. The van der Waals surface area contributed by atoms with Gasteiger partial charge in [-0.2, -0.15) is 0 Å². The molecule has 3 aliphatic carbocycles. The van der Waals surface area contributed by atoms with Gasteiger partial charge in [0.15, 0.2) is 0 Å². The second-order valence-corrected chi connectivity index (χ2v) is 8.26. The first-order valence-corrected chi connectivity index (χ1v) is 9.88. The molecule has 0 aromatic heterocycles. The first kappa shape index (κ1) is 17.2. The van der Waals surface area contributed by atoms with Crippen molar-refractivity contribution in [2.24, 2.45) is 23.5 Å². The van der Waals surface area contributed by atoms with Gasteiger partial charge < -0.3 is 16.0 Å². The number of hydrogen-bond acceptors (Lipinski definition) is 3. The number of likely N-dealkylation sites (N-methyl/N-ethyl adjacent to an activating group) is 1. The van der Waals surface area contributed by atoms with Crippen LogP contribution in [-0.4, -0.2) is 43.0 Å². The molecule has 3 saturated carbocycles. The van der Waals surface area contributed by atoms with E-state index in [4.69, 9.17) is 5.73 Å². The lowest BCUT2D eigenvalue weighted by atomic mass is 9.65. The Kier molecular flexibility index (Phi) is 5.97. The third-order valence-corrected chi connectivity index (χ3v) is 6.75. The van der Waals surface area contributed by atoms with Crippen LogP contribution in [0.5, 0.6) is 0 Å². The SMILES string of the molecule is CN(CCNC(=O)C1CC2CCCC(C1)C2N)C1CCCCC1. The van der Waals surface area contributed by atoms with Crippen molar-refractivity contribution < 1.29 is 4.79 Å². The fraction of sp³-hybridized carbons (Fsp3) is 0.947. The molecule has 2 atom stereocenters. The van der Waals surface area contributed by atoms with Gasteiger partial charge in [-0.3, -0.25) is 4.79 Å². The Morgan fingerprint density at radius 2 is 1.70 bits per heavy atom. The molecule has 0 radical (unpaired) electrons. The second kappa shape index (κ2) is 7.98. The van der Waals surface area contributed by atoms with Gasteiger partial charge >= 0.3 is 0 Å². The van der Waals surface area contributed by atoms with Crippen LogP contribution in [0.3, 0.4) is 0 Å². The molecule has 0 aliphatic heterocycles. The predicted octanol–water partition coefficient (Wildman–Crippen LogP) is 2.52. The fourth-order valence-corrected chi connectivity index (χ4v) is 5.21. The first-order chi connectivity index (χ1) is 11.1. The highest BCUT2D eigenvalue weighted by atomic mass is 16.1. The van der Waals surface area contributed by atoms with Crippen LogP contribution < -0.4 is 11.1 Å². The van der Waals surface area contributed by atoms with E-state index in [1.54, 1.807) is 0 Å². The Morgan fingerprint density at radius 3 is 2.35 bits per heavy atom. The Hall–Kier alpha value is -0.610. The van der Waals surface area contributed by atoms with Crippen molar-refractivity contribution in [2.75, 3.05) is 20.1 Å². The lowest BCUT2D eigenvalue weighted by molar-refractivity contribution is -0.127. The number of nitrogens with one attached hydrogen (secondary N) is 1. The maximum absolute atomic E-state index is 12.5. The molecule has 0 aromatic rings. The van der Waals surface area contributed by atoms with E-state index in [0.717, 1.165) is 32.0 Å². The molecule has 23 heavy (non-hydrogen) atoms. The van der Waals surface area contributed by atoms with E-state index >= 15 is 0 Å². The van der Waals surface area contributed by atoms with Crippen molar-refractivity contribution >= 4 is 5.91 Å². The minimum absolute atomic E-state index is 0.213. The molecule has 4 heteroatoms. The summed E-state index contributed by atoms with van der Waals surface area (Å²) in [6, 6.07) is 1.08. The zero-order chi connectivity index (χ0) is 16.2. The number of rotatable bonds is 5. The van der Waals surface area contributed by atoms with E-state index in [9.17, 15) is 4.79 Å². The highest BCUT2D eigenvalue weighted by Crippen LogP contribution is 2.41. The average Bonchev–Trinajstić information content (AvgIpc) is 2.55. The molecule has 0 spiro atoms. The molecular formula is C19H35N3O. The third kappa shape index (κ3) is 4.27. The van der Waals surface area contributed by atoms with E-state index in [1.807, 2.05) is 0 Å². The number of carbonyl (C=O) groups is 1. The van der Waals surface area contributed by atoms with Gasteiger partial charge in [0, 0.05) is 31.1 Å². The highest BCUT2D eigenvalue weighted by Gasteiger charge is 2.40. The molecule has 1 amide bonds. The zero-order valence-electron chi connectivity index (χ0n) is 14.8. The van der Waals surface area contributed by atoms with Crippen molar-refractivity contribution in [1.29, 1.82) is 0 Å². The van der Waals surface area contributed by atoms with Crippen LogP contribution in [0.1, 0.15) is 64.2 Å². The molecule has 0 aromatic carbocycles. The van der Waals surface area contributed by atoms with Crippen LogP contribution in [0.4, 0.5) is 0 Å². The molecule has 2 unspecified atom stereocenters. The molecule has 3 fully saturated rings. The van der Waals surface area contributed by atoms with Gasteiger partial charge in [0.2, 0.25) is 5.91 Å². The number of amides is 1. The maximum atomic E-state index is 12.5. The van der Waals surface area contributed by atoms with E-state index in [1.165, 1.54) is 51.4 Å². The predicted molar refractivity (Wildman–Crippen MR) is 94.0 cm³/mol. The van der Waals surface area contributed by atoms with Crippen LogP contribution >= 0.6 is 0 Å². The fourth-order valence-electron chi connectivity index (χ4n) is 5.21. The Morgan fingerprint density at radius 1 is 1.04 bits per heavy atom. The summed E-state index contributed by atoms with van der Waals surface area (Å²) in [6.07, 6.45) is 12.6. The zero-order valence-corrected chi connectivity index (χ0v) is 14.8. The average molecular weight is 322 g/mol. The van der Waals surface area contributed by atoms with Crippen LogP contribution in [0.25, 0.3) is 0 Å². The summed E-state index contributed by atoms with van der Waals surface area (Å²) in [5.41, 5.74) is 6.33. The minimum Gasteiger partial charge on any atom is -0.355 e. The summed E-state index contributed by atoms with van der Waals surface area (Å²) in [5, 5.41) is 3.21. The summed E-state index contributed by atoms with van der Waals surface area (Å²) >= 11 is 0. The second-order valence-electron chi connectivity index (χ2n) is 8.26. The topological polar surface area (TPSA) is 58.4 Å². The van der Waals surface area contributed by atoms with E-state index < -0.39 is 0 Å². The van der Waals surface area contributed by atoms with Crippen LogP contribution in [0.2, 0.25) is 0 Å². The number of carbonyl (C=O) groups excluding carboxylic acids is 1. The molecule has 3 rings (SSSR count). The summed E-state index contributed by atoms with van der Waals surface area (Å²) in [5.74, 6) is 1.67. The Labute approximate surface area is 141 Å². The van der Waals surface area contributed by atoms with Gasteiger partial charge in [0.05, 0.1) is 0 Å². The smallest absolute Gasteiger partial charge is 0.223 e. The molecule has 4 nitrogen and oxygen atoms in total. The summed E-state index contributed by atoms with van der Waals surface area (Å²) in [7, 11) is 2.21. The van der Waals surface area contributed by atoms with Gasteiger partial charge in [-0.25, -0.2) is 0 Å². The number of hydrogen-bond donors (Lipinski definition) is 2. The van der Waals surface area contributed by atoms with Crippen LogP contribution in [0, 0.1) is 17.8 Å². The lowest BCUT2D eigenvalue weighted by Gasteiger charge is -2.43. The molecule has 2 bridgehead atoms. The van der Waals surface area contributed by atoms with Crippen LogP contribution in [-0.2, 0) is 4.79 Å². The van der Waals surface area contributed by atoms with Gasteiger partial charge in [0.1, 0.15) is 0 Å². The number of fused-ring (bicyclic) bond motifs is 2. The van der Waals surface area contributed by atoms with Crippen molar-refractivity contribution in [3.05, 3.63) is 0 Å². The van der Waals surface area contributed by atoms with E-state index in [2.05, 4.69) is 17.3 Å². The molecule has 0 saturated heterocycles. The van der Waals surface area contributed by atoms with E-state index in [-0.39, 0.29) is 11.8 Å². The minimum atomic E-state index is 0.213. The lowest BCUT2D eigenvalue weighted by Crippen LogP contribution is -2.49. The maximum Gasteiger partial charge on any atom is 0.223 e. The highest BCUT2D eigenvalue weighted by molar-refractivity contribution is 5.78. The monoisotopic (exact) mass is 321 g/mol. The van der Waals surface area contributed by atoms with Gasteiger partial charge in [-0.05, 0) is 57.4 Å². The van der Waals surface area contributed by atoms with Crippen LogP contribution in [0.15, 0.2) is 0 Å². The molecule has 132 valence electrons. The van der Waals surface area contributed by atoms with Crippen molar-refractivity contribution in [2.45, 2.75) is 76.3 Å². The standard InChI is InChI=1S/C19H35N3O/c1-22(17-8-3-2-4-9-17)11-10-21-19(23)16-12-14-6-5-7-15(13-16)18(14)20/h14-18H,2-13,20H2,1H3,(H,21,23). The molecule has 3 aliphatic rings. The van der Waals surface area contributed by atoms with Gasteiger partial charge in [0.25, 0.3) is 0 Å². The normalized spacial score (nSPS) is 35.3. The Balaban J connectivity index is 1.39. The number of nitrogens with zero attached hydrogens (tertiary/aromatic N) is 1. The molecule has 3 N–H and O–H groups in total. The number of nitrogens with two attached hydrogens (primary N) is 1. The Bertz CT molecular complexity index is 380. The van der Waals surface area contributed by atoms with Gasteiger partial charge in [-0.15, -0.1) is 0 Å². The third-order valence-electron chi connectivity index (χ3n) is 6.75.